The molecule has 1 unspecified atom stereocenters. The fraction of sp³-hybridized carbons (Fsp3) is 0.562. The molecule has 4 heteroatoms. The van der Waals surface area contributed by atoms with E-state index in [2.05, 4.69) is 10.6 Å². The molecule has 1 aromatic carbocycles. The fourth-order valence-corrected chi connectivity index (χ4v) is 2.46. The molecule has 1 amide bonds. The minimum Gasteiger partial charge on any atom is -0.491 e. The summed E-state index contributed by atoms with van der Waals surface area (Å²) in [7, 11) is 0. The van der Waals surface area contributed by atoms with Crippen molar-refractivity contribution >= 4 is 11.6 Å². The SMILES string of the molecule is CC(C)Oc1ccc(NC(=O)CC2CCCNC2)cc1. The van der Waals surface area contributed by atoms with Crippen molar-refractivity contribution in [2.45, 2.75) is 39.2 Å². The van der Waals surface area contributed by atoms with Crippen molar-refractivity contribution < 1.29 is 9.53 Å². The largest absolute Gasteiger partial charge is 0.491 e. The summed E-state index contributed by atoms with van der Waals surface area (Å²) in [5.74, 6) is 1.39. The highest BCUT2D eigenvalue weighted by atomic mass is 16.5. The number of hydrogen-bond acceptors (Lipinski definition) is 3. The summed E-state index contributed by atoms with van der Waals surface area (Å²) in [4.78, 5) is 12.0. The Morgan fingerprint density at radius 1 is 1.40 bits per heavy atom. The minimum atomic E-state index is 0.0937. The first kappa shape index (κ1) is 14.9. The zero-order valence-corrected chi connectivity index (χ0v) is 12.3. The Balaban J connectivity index is 1.81. The normalized spacial score (nSPS) is 18.9. The zero-order chi connectivity index (χ0) is 14.4. The maximum Gasteiger partial charge on any atom is 0.224 e. The molecule has 1 aliphatic heterocycles. The lowest BCUT2D eigenvalue weighted by molar-refractivity contribution is -0.117. The van der Waals surface area contributed by atoms with Crippen molar-refractivity contribution in [3.8, 4) is 5.75 Å². The lowest BCUT2D eigenvalue weighted by Crippen LogP contribution is -2.32. The summed E-state index contributed by atoms with van der Waals surface area (Å²) in [6, 6.07) is 7.54. The molecule has 0 spiro atoms. The molecular weight excluding hydrogens is 252 g/mol. The van der Waals surface area contributed by atoms with Crippen LogP contribution in [0.4, 0.5) is 5.69 Å². The van der Waals surface area contributed by atoms with Crippen molar-refractivity contribution in [1.82, 2.24) is 5.32 Å². The Hall–Kier alpha value is -1.55. The maximum atomic E-state index is 12.0. The first-order chi connectivity index (χ1) is 9.63. The Morgan fingerprint density at radius 3 is 2.75 bits per heavy atom. The monoisotopic (exact) mass is 276 g/mol. The number of carbonyl (C=O) groups excluding carboxylic acids is 1. The molecule has 2 N–H and O–H groups in total. The summed E-state index contributed by atoms with van der Waals surface area (Å²) >= 11 is 0. The van der Waals surface area contributed by atoms with Gasteiger partial charge < -0.3 is 15.4 Å². The first-order valence-corrected chi connectivity index (χ1v) is 7.41. The molecule has 1 saturated heterocycles. The van der Waals surface area contributed by atoms with E-state index in [-0.39, 0.29) is 12.0 Å². The number of hydrogen-bond donors (Lipinski definition) is 2. The molecule has 20 heavy (non-hydrogen) atoms. The summed E-state index contributed by atoms with van der Waals surface area (Å²) in [6.45, 7) is 6.02. The van der Waals surface area contributed by atoms with E-state index in [0.29, 0.717) is 12.3 Å². The Kier molecular flexibility index (Phi) is 5.41. The van der Waals surface area contributed by atoms with Crippen LogP contribution in [-0.2, 0) is 4.79 Å². The van der Waals surface area contributed by atoms with Gasteiger partial charge in [0.05, 0.1) is 6.10 Å². The summed E-state index contributed by atoms with van der Waals surface area (Å²) < 4.78 is 5.57. The van der Waals surface area contributed by atoms with Crippen LogP contribution >= 0.6 is 0 Å². The smallest absolute Gasteiger partial charge is 0.224 e. The Labute approximate surface area is 120 Å². The van der Waals surface area contributed by atoms with Crippen LogP contribution in [-0.4, -0.2) is 25.1 Å². The van der Waals surface area contributed by atoms with Crippen LogP contribution in [0.5, 0.6) is 5.75 Å². The molecule has 0 radical (unpaired) electrons. The number of rotatable bonds is 5. The van der Waals surface area contributed by atoms with Gasteiger partial charge in [-0.3, -0.25) is 4.79 Å². The van der Waals surface area contributed by atoms with E-state index in [4.69, 9.17) is 4.74 Å². The van der Waals surface area contributed by atoms with Crippen molar-refractivity contribution in [1.29, 1.82) is 0 Å². The molecule has 1 aromatic rings. The molecule has 1 fully saturated rings. The van der Waals surface area contributed by atoms with E-state index in [1.807, 2.05) is 38.1 Å². The lowest BCUT2D eigenvalue weighted by Gasteiger charge is -2.22. The van der Waals surface area contributed by atoms with Crippen LogP contribution in [0.3, 0.4) is 0 Å². The molecule has 0 saturated carbocycles. The molecular formula is C16H24N2O2. The summed E-state index contributed by atoms with van der Waals surface area (Å²) in [6.07, 6.45) is 3.06. The zero-order valence-electron chi connectivity index (χ0n) is 12.3. The Bertz CT molecular complexity index is 423. The van der Waals surface area contributed by atoms with E-state index >= 15 is 0 Å². The third-order valence-electron chi connectivity index (χ3n) is 3.38. The number of nitrogens with one attached hydrogen (secondary N) is 2. The number of carbonyl (C=O) groups is 1. The van der Waals surface area contributed by atoms with Crippen LogP contribution in [0.25, 0.3) is 0 Å². The van der Waals surface area contributed by atoms with Gasteiger partial charge >= 0.3 is 0 Å². The van der Waals surface area contributed by atoms with Gasteiger partial charge in [0.1, 0.15) is 5.75 Å². The van der Waals surface area contributed by atoms with Gasteiger partial charge in [0.25, 0.3) is 0 Å². The van der Waals surface area contributed by atoms with E-state index in [0.717, 1.165) is 30.9 Å². The molecule has 4 nitrogen and oxygen atoms in total. The third kappa shape index (κ3) is 4.85. The first-order valence-electron chi connectivity index (χ1n) is 7.41. The Morgan fingerprint density at radius 2 is 2.15 bits per heavy atom. The number of ether oxygens (including phenoxy) is 1. The van der Waals surface area contributed by atoms with E-state index in [1.54, 1.807) is 0 Å². The van der Waals surface area contributed by atoms with Crippen LogP contribution in [0.2, 0.25) is 0 Å². The van der Waals surface area contributed by atoms with Gasteiger partial charge in [-0.15, -0.1) is 0 Å². The van der Waals surface area contributed by atoms with Crippen LogP contribution in [0.1, 0.15) is 33.1 Å². The predicted octanol–water partition coefficient (Wildman–Crippen LogP) is 2.80. The second-order valence-electron chi connectivity index (χ2n) is 5.66. The molecule has 0 bridgehead atoms. The van der Waals surface area contributed by atoms with Gasteiger partial charge in [-0.05, 0) is 70.0 Å². The van der Waals surface area contributed by atoms with Crippen molar-refractivity contribution in [2.24, 2.45) is 5.92 Å². The van der Waals surface area contributed by atoms with Crippen LogP contribution < -0.4 is 15.4 Å². The number of piperidine rings is 1. The summed E-state index contributed by atoms with van der Waals surface area (Å²) in [5, 5.41) is 6.28. The van der Waals surface area contributed by atoms with Gasteiger partial charge in [-0.25, -0.2) is 0 Å². The summed E-state index contributed by atoms with van der Waals surface area (Å²) in [5.41, 5.74) is 0.829. The minimum absolute atomic E-state index is 0.0937. The highest BCUT2D eigenvalue weighted by Crippen LogP contribution is 2.19. The van der Waals surface area contributed by atoms with Crippen LogP contribution in [0.15, 0.2) is 24.3 Å². The van der Waals surface area contributed by atoms with E-state index in [1.165, 1.54) is 6.42 Å². The fourth-order valence-electron chi connectivity index (χ4n) is 2.46. The molecule has 0 aromatic heterocycles. The van der Waals surface area contributed by atoms with Crippen molar-refractivity contribution in [2.75, 3.05) is 18.4 Å². The third-order valence-corrected chi connectivity index (χ3v) is 3.38. The topological polar surface area (TPSA) is 50.4 Å². The van der Waals surface area contributed by atoms with Gasteiger partial charge in [0.2, 0.25) is 5.91 Å². The second kappa shape index (κ2) is 7.29. The standard InChI is InChI=1S/C16H24N2O2/c1-12(2)20-15-7-5-14(6-8-15)18-16(19)10-13-4-3-9-17-11-13/h5-8,12-13,17H,3-4,9-11H2,1-2H3,(H,18,19). The second-order valence-corrected chi connectivity index (χ2v) is 5.66. The van der Waals surface area contributed by atoms with E-state index < -0.39 is 0 Å². The number of anilines is 1. The number of benzene rings is 1. The van der Waals surface area contributed by atoms with Gasteiger partial charge in [-0.2, -0.15) is 0 Å². The van der Waals surface area contributed by atoms with Crippen molar-refractivity contribution in [3.63, 3.8) is 0 Å². The molecule has 1 atom stereocenters. The average Bonchev–Trinajstić information content (AvgIpc) is 2.41. The van der Waals surface area contributed by atoms with Crippen molar-refractivity contribution in [3.05, 3.63) is 24.3 Å². The molecule has 1 heterocycles. The lowest BCUT2D eigenvalue weighted by atomic mass is 9.96. The van der Waals surface area contributed by atoms with E-state index in [9.17, 15) is 4.79 Å². The maximum absolute atomic E-state index is 12.0. The van der Waals surface area contributed by atoms with Gasteiger partial charge in [-0.1, -0.05) is 0 Å². The van der Waals surface area contributed by atoms with Gasteiger partial charge in [0.15, 0.2) is 0 Å². The molecule has 110 valence electrons. The van der Waals surface area contributed by atoms with Crippen LogP contribution in [0, 0.1) is 5.92 Å². The molecule has 2 rings (SSSR count). The molecule has 1 aliphatic rings. The highest BCUT2D eigenvalue weighted by Gasteiger charge is 2.16. The molecule has 0 aliphatic carbocycles. The van der Waals surface area contributed by atoms with Gasteiger partial charge in [0, 0.05) is 12.1 Å². The highest BCUT2D eigenvalue weighted by molar-refractivity contribution is 5.90. The number of amides is 1. The quantitative estimate of drug-likeness (QED) is 0.869. The predicted molar refractivity (Wildman–Crippen MR) is 81.0 cm³/mol. The average molecular weight is 276 g/mol.